The Bertz CT molecular complexity index is 576. The maximum atomic E-state index is 12.0. The van der Waals surface area contributed by atoms with E-state index in [1.54, 1.807) is 18.3 Å². The van der Waals surface area contributed by atoms with Crippen LogP contribution >= 0.6 is 11.6 Å². The van der Waals surface area contributed by atoms with Gasteiger partial charge in [0.15, 0.2) is 0 Å². The van der Waals surface area contributed by atoms with Gasteiger partial charge in [0, 0.05) is 16.8 Å². The Morgan fingerprint density at radius 1 is 1.17 bits per heavy atom. The Morgan fingerprint density at radius 2 is 1.83 bits per heavy atom. The number of amides is 1. The number of hydrogen-bond donors (Lipinski definition) is 1. The molecule has 1 aromatic carbocycles. The molecule has 0 bridgehead atoms. The molecule has 18 heavy (non-hydrogen) atoms. The first-order valence-corrected chi connectivity index (χ1v) is 5.93. The smallest absolute Gasteiger partial charge is 0.256 e. The second kappa shape index (κ2) is 5.19. The fourth-order valence-corrected chi connectivity index (χ4v) is 1.93. The van der Waals surface area contributed by atoms with Crippen LogP contribution in [0.3, 0.4) is 0 Å². The highest BCUT2D eigenvalue weighted by molar-refractivity contribution is 6.30. The summed E-state index contributed by atoms with van der Waals surface area (Å²) in [6.45, 7) is 3.92. The van der Waals surface area contributed by atoms with Crippen molar-refractivity contribution in [1.29, 1.82) is 0 Å². The molecule has 1 aromatic heterocycles. The van der Waals surface area contributed by atoms with Crippen molar-refractivity contribution >= 4 is 23.3 Å². The molecule has 0 unspecified atom stereocenters. The normalized spacial score (nSPS) is 10.2. The van der Waals surface area contributed by atoms with Crippen molar-refractivity contribution in [2.75, 3.05) is 5.32 Å². The molecule has 2 rings (SSSR count). The minimum Gasteiger partial charge on any atom is -0.307 e. The van der Waals surface area contributed by atoms with E-state index < -0.39 is 0 Å². The van der Waals surface area contributed by atoms with E-state index in [1.165, 1.54) is 0 Å². The number of nitrogens with one attached hydrogen (secondary N) is 1. The lowest BCUT2D eigenvalue weighted by atomic mass is 10.1. The summed E-state index contributed by atoms with van der Waals surface area (Å²) >= 11 is 5.83. The summed E-state index contributed by atoms with van der Waals surface area (Å²) in [7, 11) is 0. The van der Waals surface area contributed by atoms with Crippen molar-refractivity contribution in [2.24, 2.45) is 0 Å². The van der Waals surface area contributed by atoms with Crippen molar-refractivity contribution in [3.63, 3.8) is 0 Å². The van der Waals surface area contributed by atoms with Crippen LogP contribution in [-0.4, -0.2) is 10.9 Å². The number of aromatic nitrogens is 1. The third kappa shape index (κ3) is 3.08. The molecular weight excluding hydrogens is 248 g/mol. The van der Waals surface area contributed by atoms with Crippen LogP contribution in [0.25, 0.3) is 0 Å². The molecule has 92 valence electrons. The molecule has 1 amide bonds. The summed E-state index contributed by atoms with van der Waals surface area (Å²) < 4.78 is 0. The van der Waals surface area contributed by atoms with E-state index in [2.05, 4.69) is 10.3 Å². The average molecular weight is 261 g/mol. The molecule has 3 nitrogen and oxygen atoms in total. The average Bonchev–Trinajstić information content (AvgIpc) is 2.27. The maximum Gasteiger partial charge on any atom is 0.256 e. The van der Waals surface area contributed by atoms with Gasteiger partial charge < -0.3 is 5.32 Å². The number of benzene rings is 1. The van der Waals surface area contributed by atoms with Crippen molar-refractivity contribution in [3.05, 3.63) is 58.2 Å². The third-order valence-corrected chi connectivity index (χ3v) is 2.68. The Hall–Kier alpha value is -1.87. The van der Waals surface area contributed by atoms with Crippen molar-refractivity contribution in [3.8, 4) is 0 Å². The van der Waals surface area contributed by atoms with E-state index in [-0.39, 0.29) is 5.91 Å². The SMILES string of the molecule is Cc1cc(C)cc(C(=O)Nc2cc(Cl)ccn2)c1. The van der Waals surface area contributed by atoms with Gasteiger partial charge in [0.25, 0.3) is 5.91 Å². The third-order valence-electron chi connectivity index (χ3n) is 2.45. The molecule has 2 aromatic rings. The van der Waals surface area contributed by atoms with Gasteiger partial charge in [0.05, 0.1) is 0 Å². The lowest BCUT2D eigenvalue weighted by molar-refractivity contribution is 0.102. The maximum absolute atomic E-state index is 12.0. The number of anilines is 1. The van der Waals surface area contributed by atoms with Gasteiger partial charge in [-0.15, -0.1) is 0 Å². The van der Waals surface area contributed by atoms with Gasteiger partial charge in [-0.2, -0.15) is 0 Å². The molecule has 0 aliphatic heterocycles. The molecule has 0 fully saturated rings. The lowest BCUT2D eigenvalue weighted by Gasteiger charge is -2.06. The Morgan fingerprint density at radius 3 is 2.44 bits per heavy atom. The minimum atomic E-state index is -0.184. The van der Waals surface area contributed by atoms with E-state index >= 15 is 0 Å². The van der Waals surface area contributed by atoms with Gasteiger partial charge in [-0.3, -0.25) is 4.79 Å². The molecule has 0 saturated carbocycles. The highest BCUT2D eigenvalue weighted by Crippen LogP contribution is 2.14. The zero-order chi connectivity index (χ0) is 13.1. The topological polar surface area (TPSA) is 42.0 Å². The van der Waals surface area contributed by atoms with Crippen LogP contribution in [0.15, 0.2) is 36.5 Å². The lowest BCUT2D eigenvalue weighted by Crippen LogP contribution is -2.13. The number of nitrogens with zero attached hydrogens (tertiary/aromatic N) is 1. The van der Waals surface area contributed by atoms with E-state index in [0.29, 0.717) is 16.4 Å². The fourth-order valence-electron chi connectivity index (χ4n) is 1.77. The molecule has 0 saturated heterocycles. The summed E-state index contributed by atoms with van der Waals surface area (Å²) in [6, 6.07) is 8.98. The zero-order valence-electron chi connectivity index (χ0n) is 10.2. The number of pyridine rings is 1. The molecule has 4 heteroatoms. The number of halogens is 1. The summed E-state index contributed by atoms with van der Waals surface area (Å²) in [4.78, 5) is 16.1. The Balaban J connectivity index is 2.22. The van der Waals surface area contributed by atoms with Crippen molar-refractivity contribution in [1.82, 2.24) is 4.98 Å². The predicted molar refractivity (Wildman–Crippen MR) is 73.1 cm³/mol. The minimum absolute atomic E-state index is 0.184. The molecule has 1 heterocycles. The highest BCUT2D eigenvalue weighted by atomic mass is 35.5. The summed E-state index contributed by atoms with van der Waals surface area (Å²) in [6.07, 6.45) is 1.56. The Labute approximate surface area is 111 Å². The number of hydrogen-bond acceptors (Lipinski definition) is 2. The van der Waals surface area contributed by atoms with Gasteiger partial charge in [0.1, 0.15) is 5.82 Å². The van der Waals surface area contributed by atoms with Crippen LogP contribution in [0.5, 0.6) is 0 Å². The van der Waals surface area contributed by atoms with Crippen molar-refractivity contribution in [2.45, 2.75) is 13.8 Å². The largest absolute Gasteiger partial charge is 0.307 e. The van der Waals surface area contributed by atoms with Crippen LogP contribution in [-0.2, 0) is 0 Å². The molecule has 0 aliphatic carbocycles. The molecule has 1 N–H and O–H groups in total. The van der Waals surface area contributed by atoms with E-state index in [4.69, 9.17) is 11.6 Å². The predicted octanol–water partition coefficient (Wildman–Crippen LogP) is 3.60. The van der Waals surface area contributed by atoms with Crippen LogP contribution in [0.2, 0.25) is 5.02 Å². The number of aryl methyl sites for hydroxylation is 2. The standard InChI is InChI=1S/C14H13ClN2O/c1-9-5-10(2)7-11(6-9)14(18)17-13-8-12(15)3-4-16-13/h3-8H,1-2H3,(H,16,17,18). The number of carbonyl (C=O) groups is 1. The second-order valence-electron chi connectivity index (χ2n) is 4.19. The van der Waals surface area contributed by atoms with Gasteiger partial charge in [0.2, 0.25) is 0 Å². The summed E-state index contributed by atoms with van der Waals surface area (Å²) in [5.41, 5.74) is 2.73. The van der Waals surface area contributed by atoms with Crippen LogP contribution < -0.4 is 5.32 Å². The van der Waals surface area contributed by atoms with Gasteiger partial charge >= 0.3 is 0 Å². The van der Waals surface area contributed by atoms with Crippen molar-refractivity contribution < 1.29 is 4.79 Å². The molecule has 0 spiro atoms. The van der Waals surface area contributed by atoms with E-state index in [9.17, 15) is 4.79 Å². The first-order chi connectivity index (χ1) is 8.54. The zero-order valence-corrected chi connectivity index (χ0v) is 11.0. The van der Waals surface area contributed by atoms with Crippen LogP contribution in [0, 0.1) is 13.8 Å². The first-order valence-electron chi connectivity index (χ1n) is 5.56. The van der Waals surface area contributed by atoms with Gasteiger partial charge in [-0.25, -0.2) is 4.98 Å². The van der Waals surface area contributed by atoms with Crippen LogP contribution in [0.1, 0.15) is 21.5 Å². The Kier molecular flexibility index (Phi) is 3.63. The van der Waals surface area contributed by atoms with Gasteiger partial charge in [-0.05, 0) is 38.1 Å². The van der Waals surface area contributed by atoms with Gasteiger partial charge in [-0.1, -0.05) is 28.8 Å². The molecule has 0 aliphatic rings. The highest BCUT2D eigenvalue weighted by Gasteiger charge is 2.08. The fraction of sp³-hybridized carbons (Fsp3) is 0.143. The first kappa shape index (κ1) is 12.6. The monoisotopic (exact) mass is 260 g/mol. The molecule has 0 atom stereocenters. The van der Waals surface area contributed by atoms with E-state index in [1.807, 2.05) is 32.0 Å². The summed E-state index contributed by atoms with van der Waals surface area (Å²) in [5.74, 6) is 0.267. The number of carbonyl (C=O) groups excluding carboxylic acids is 1. The molecule has 0 radical (unpaired) electrons. The van der Waals surface area contributed by atoms with Crippen LogP contribution in [0.4, 0.5) is 5.82 Å². The quantitative estimate of drug-likeness (QED) is 0.896. The summed E-state index contributed by atoms with van der Waals surface area (Å²) in [5, 5.41) is 3.26. The number of rotatable bonds is 2. The van der Waals surface area contributed by atoms with E-state index in [0.717, 1.165) is 11.1 Å². The second-order valence-corrected chi connectivity index (χ2v) is 4.63. The molecular formula is C14H13ClN2O.